The molecule has 0 amide bonds. The molecule has 0 aliphatic heterocycles. The van der Waals surface area contributed by atoms with Crippen molar-refractivity contribution in [1.82, 2.24) is 24.9 Å². The summed E-state index contributed by atoms with van der Waals surface area (Å²) in [7, 11) is 1.64. The van der Waals surface area contributed by atoms with Crippen molar-refractivity contribution < 1.29 is 24.5 Å². The minimum atomic E-state index is 0. The summed E-state index contributed by atoms with van der Waals surface area (Å²) in [6, 6.07) is 35.8. The zero-order chi connectivity index (χ0) is 27.8. The standard InChI is InChI=1S/C13H13N2O.2C10H8N2.Os/c1-16-12-5-6-15-13(8-12)11-4-2-3-10(7-11)9-14;2*1-3-7-11-9(5-1)10-6-2-4-8-12-10;/h2-3,5-8H,9,14H2,1H3;2*1-8H;/q-1;;;+1. The van der Waals surface area contributed by atoms with Crippen LogP contribution in [0.2, 0.25) is 0 Å². The molecule has 2 N–H and O–H groups in total. The van der Waals surface area contributed by atoms with Gasteiger partial charge < -0.3 is 15.5 Å². The Morgan fingerprint density at radius 1 is 0.585 bits per heavy atom. The summed E-state index contributed by atoms with van der Waals surface area (Å²) in [5.41, 5.74) is 12.1. The Kier molecular flexibility index (Phi) is 12.9. The molecule has 6 aromatic rings. The van der Waals surface area contributed by atoms with Crippen LogP contribution >= 0.6 is 0 Å². The molecule has 0 aliphatic carbocycles. The van der Waals surface area contributed by atoms with Crippen molar-refractivity contribution in [3.63, 3.8) is 0 Å². The largest absolute Gasteiger partial charge is 1.00 e. The number of hydrogen-bond acceptors (Lipinski definition) is 7. The van der Waals surface area contributed by atoms with Gasteiger partial charge in [0, 0.05) is 37.5 Å². The van der Waals surface area contributed by atoms with Crippen molar-refractivity contribution in [3.05, 3.63) is 146 Å². The zero-order valence-electron chi connectivity index (χ0n) is 22.5. The maximum absolute atomic E-state index is 5.59. The molecule has 0 aliphatic rings. The molecular formula is C33H29N6OOs. The molecule has 0 spiro atoms. The summed E-state index contributed by atoms with van der Waals surface area (Å²) < 4.78 is 5.15. The van der Waals surface area contributed by atoms with Crippen LogP contribution in [0, 0.1) is 6.07 Å². The second-order valence-electron chi connectivity index (χ2n) is 8.26. The molecular weight excluding hydrogens is 687 g/mol. The molecule has 0 saturated heterocycles. The summed E-state index contributed by atoms with van der Waals surface area (Å²) in [5, 5.41) is 0. The summed E-state index contributed by atoms with van der Waals surface area (Å²) in [6.45, 7) is 0.519. The number of nitrogens with zero attached hydrogens (tertiary/aromatic N) is 5. The van der Waals surface area contributed by atoms with Crippen LogP contribution in [0.4, 0.5) is 0 Å². The quantitative estimate of drug-likeness (QED) is 0.209. The number of ether oxygens (including phenoxy) is 1. The fraction of sp³-hybridized carbons (Fsp3) is 0.0606. The predicted octanol–water partition coefficient (Wildman–Crippen LogP) is 6.30. The van der Waals surface area contributed by atoms with Crippen LogP contribution in [0.5, 0.6) is 5.75 Å². The monoisotopic (exact) mass is 717 g/mol. The third-order valence-corrected chi connectivity index (χ3v) is 5.53. The van der Waals surface area contributed by atoms with Gasteiger partial charge in [-0.3, -0.25) is 19.9 Å². The van der Waals surface area contributed by atoms with Crippen LogP contribution < -0.4 is 10.5 Å². The fourth-order valence-corrected chi connectivity index (χ4v) is 3.53. The fourth-order valence-electron chi connectivity index (χ4n) is 3.53. The van der Waals surface area contributed by atoms with Gasteiger partial charge in [-0.1, -0.05) is 24.3 Å². The third-order valence-electron chi connectivity index (χ3n) is 5.53. The summed E-state index contributed by atoms with van der Waals surface area (Å²) in [5.74, 6) is 0.788. The van der Waals surface area contributed by atoms with Crippen molar-refractivity contribution in [2.45, 2.75) is 6.54 Å². The van der Waals surface area contributed by atoms with Gasteiger partial charge in [0.05, 0.1) is 29.9 Å². The minimum Gasteiger partial charge on any atom is -0.497 e. The molecule has 0 saturated carbocycles. The molecule has 1 aromatic carbocycles. The van der Waals surface area contributed by atoms with Gasteiger partial charge in [0.25, 0.3) is 0 Å². The van der Waals surface area contributed by atoms with Crippen LogP contribution in [0.1, 0.15) is 5.56 Å². The van der Waals surface area contributed by atoms with Gasteiger partial charge in [0.2, 0.25) is 0 Å². The number of pyridine rings is 5. The number of hydrogen-bond donors (Lipinski definition) is 1. The number of methoxy groups -OCH3 is 1. The maximum atomic E-state index is 5.59. The molecule has 205 valence electrons. The Bertz CT molecular complexity index is 1360. The van der Waals surface area contributed by atoms with E-state index in [9.17, 15) is 0 Å². The predicted molar refractivity (Wildman–Crippen MR) is 158 cm³/mol. The van der Waals surface area contributed by atoms with E-state index in [1.807, 2.05) is 103 Å². The van der Waals surface area contributed by atoms with Gasteiger partial charge in [-0.05, 0) is 66.4 Å². The Hall–Kier alpha value is -4.63. The van der Waals surface area contributed by atoms with E-state index in [-0.39, 0.29) is 19.8 Å². The van der Waals surface area contributed by atoms with E-state index in [0.29, 0.717) is 6.54 Å². The molecule has 6 rings (SSSR count). The smallest absolute Gasteiger partial charge is 0.497 e. The van der Waals surface area contributed by atoms with Crippen molar-refractivity contribution >= 4 is 0 Å². The van der Waals surface area contributed by atoms with Gasteiger partial charge in [0.1, 0.15) is 5.75 Å². The molecule has 0 atom stereocenters. The SMILES string of the molecule is COc1ccnc(-c2[c-]ccc(CN)c2)c1.[Os+].c1ccc(-c2ccccn2)nc1.c1ccc(-c2ccccn2)nc1. The van der Waals surface area contributed by atoms with Gasteiger partial charge in [-0.2, -0.15) is 0 Å². The molecule has 0 fully saturated rings. The normalized spacial score (nSPS) is 9.61. The zero-order valence-corrected chi connectivity index (χ0v) is 25.0. The first-order chi connectivity index (χ1) is 19.8. The van der Waals surface area contributed by atoms with Crippen molar-refractivity contribution in [1.29, 1.82) is 0 Å². The topological polar surface area (TPSA) is 99.7 Å². The van der Waals surface area contributed by atoms with Gasteiger partial charge >= 0.3 is 19.8 Å². The first-order valence-electron chi connectivity index (χ1n) is 12.6. The van der Waals surface area contributed by atoms with Crippen molar-refractivity contribution in [2.75, 3.05) is 7.11 Å². The van der Waals surface area contributed by atoms with E-state index in [2.05, 4.69) is 31.0 Å². The van der Waals surface area contributed by atoms with Crippen molar-refractivity contribution in [2.24, 2.45) is 5.73 Å². The average molecular weight is 716 g/mol. The maximum Gasteiger partial charge on any atom is 1.00 e. The van der Waals surface area contributed by atoms with Crippen LogP contribution in [-0.4, -0.2) is 32.0 Å². The van der Waals surface area contributed by atoms with E-state index in [0.717, 1.165) is 45.3 Å². The molecule has 8 heteroatoms. The van der Waals surface area contributed by atoms with Crippen LogP contribution in [0.15, 0.2) is 134 Å². The molecule has 0 bridgehead atoms. The van der Waals surface area contributed by atoms with Gasteiger partial charge in [0.15, 0.2) is 0 Å². The Balaban J connectivity index is 0.000000169. The van der Waals surface area contributed by atoms with Crippen molar-refractivity contribution in [3.8, 4) is 39.8 Å². The second-order valence-corrected chi connectivity index (χ2v) is 8.26. The van der Waals surface area contributed by atoms with E-state index in [4.69, 9.17) is 10.5 Å². The number of rotatable bonds is 5. The van der Waals surface area contributed by atoms with Crippen LogP contribution in [0.3, 0.4) is 0 Å². The van der Waals surface area contributed by atoms with Gasteiger partial charge in [-0.15, -0.1) is 35.4 Å². The number of benzene rings is 1. The first-order valence-corrected chi connectivity index (χ1v) is 12.6. The van der Waals surface area contributed by atoms with E-state index in [1.54, 1.807) is 38.1 Å². The van der Waals surface area contributed by atoms with Gasteiger partial charge in [-0.25, -0.2) is 0 Å². The van der Waals surface area contributed by atoms with Crippen LogP contribution in [0.25, 0.3) is 34.0 Å². The molecule has 41 heavy (non-hydrogen) atoms. The Labute approximate surface area is 253 Å². The summed E-state index contributed by atoms with van der Waals surface area (Å²) in [4.78, 5) is 21.0. The number of aromatic nitrogens is 5. The Morgan fingerprint density at radius 3 is 1.44 bits per heavy atom. The van der Waals surface area contributed by atoms with E-state index >= 15 is 0 Å². The average Bonchev–Trinajstić information content (AvgIpc) is 3.07. The third kappa shape index (κ3) is 9.81. The van der Waals surface area contributed by atoms with E-state index < -0.39 is 0 Å². The molecule has 5 heterocycles. The second kappa shape index (κ2) is 17.1. The molecule has 1 radical (unpaired) electrons. The van der Waals surface area contributed by atoms with Crippen LogP contribution in [-0.2, 0) is 26.3 Å². The first kappa shape index (κ1) is 30.9. The molecule has 0 unspecified atom stereocenters. The summed E-state index contributed by atoms with van der Waals surface area (Å²) in [6.07, 6.45) is 8.79. The van der Waals surface area contributed by atoms with E-state index in [1.165, 1.54) is 0 Å². The molecule has 7 nitrogen and oxygen atoms in total. The minimum absolute atomic E-state index is 0. The Morgan fingerprint density at radius 2 is 1.05 bits per heavy atom. The number of nitrogens with two attached hydrogens (primary N) is 1. The molecule has 5 aromatic heterocycles. The summed E-state index contributed by atoms with van der Waals surface area (Å²) >= 11 is 0.